The molecule has 0 aromatic carbocycles. The Morgan fingerprint density at radius 3 is 2.21 bits per heavy atom. The van der Waals surface area contributed by atoms with Crippen molar-refractivity contribution in [2.24, 2.45) is 5.92 Å². The van der Waals surface area contributed by atoms with Crippen LogP contribution in [-0.4, -0.2) is 52.1 Å². The van der Waals surface area contributed by atoms with Crippen LogP contribution in [0.15, 0.2) is 35.1 Å². The summed E-state index contributed by atoms with van der Waals surface area (Å²) in [5, 5.41) is 29.0. The molecule has 24 heavy (non-hydrogen) atoms. The molecule has 0 aromatic heterocycles. The van der Waals surface area contributed by atoms with Gasteiger partial charge in [-0.05, 0) is 59.6 Å². The summed E-state index contributed by atoms with van der Waals surface area (Å²) in [6.07, 6.45) is 9.24. The summed E-state index contributed by atoms with van der Waals surface area (Å²) in [6.45, 7) is 9.45. The summed E-state index contributed by atoms with van der Waals surface area (Å²) >= 11 is 0. The minimum atomic E-state index is -0.827. The molecule has 0 bridgehead atoms. The first kappa shape index (κ1) is 20.9. The van der Waals surface area contributed by atoms with Gasteiger partial charge >= 0.3 is 0 Å². The number of allylic oxidation sites excluding steroid dienone is 5. The van der Waals surface area contributed by atoms with Gasteiger partial charge in [0.05, 0.1) is 18.8 Å². The molecule has 1 rings (SSSR count). The van der Waals surface area contributed by atoms with E-state index in [1.165, 1.54) is 16.7 Å². The Bertz CT molecular complexity index is 464. The predicted molar refractivity (Wildman–Crippen MR) is 99.6 cm³/mol. The van der Waals surface area contributed by atoms with Crippen LogP contribution in [-0.2, 0) is 0 Å². The van der Waals surface area contributed by atoms with Crippen molar-refractivity contribution in [3.05, 3.63) is 35.1 Å². The van der Waals surface area contributed by atoms with Crippen LogP contribution >= 0.6 is 0 Å². The molecule has 1 saturated heterocycles. The molecule has 0 aliphatic carbocycles. The summed E-state index contributed by atoms with van der Waals surface area (Å²) in [5.41, 5.74) is 4.05. The van der Waals surface area contributed by atoms with Crippen molar-refractivity contribution in [1.82, 2.24) is 4.90 Å². The second-order valence-electron chi connectivity index (χ2n) is 7.34. The summed E-state index contributed by atoms with van der Waals surface area (Å²) in [4.78, 5) is 2.01. The minimum absolute atomic E-state index is 0.102. The summed E-state index contributed by atoms with van der Waals surface area (Å²) in [7, 11) is 0. The van der Waals surface area contributed by atoms with Crippen LogP contribution in [0.2, 0.25) is 0 Å². The van der Waals surface area contributed by atoms with Crippen molar-refractivity contribution in [3.8, 4) is 0 Å². The molecule has 0 saturated carbocycles. The summed E-state index contributed by atoms with van der Waals surface area (Å²) in [6, 6.07) is 0. The van der Waals surface area contributed by atoms with Gasteiger partial charge in [0.15, 0.2) is 0 Å². The Hall–Kier alpha value is -1.10. The first-order valence-corrected chi connectivity index (χ1v) is 9.00. The zero-order valence-corrected chi connectivity index (χ0v) is 15.7. The maximum absolute atomic E-state index is 9.89. The van der Waals surface area contributed by atoms with Gasteiger partial charge in [0.2, 0.25) is 0 Å². The van der Waals surface area contributed by atoms with Crippen molar-refractivity contribution >= 4 is 0 Å². The standard InChI is InChI=1S/C20H35NO3/c1-15(2)7-5-8-16(3)9-6-10-17(4)11-21-12-18(14-22)20(24)19(23)13-21/h7,9,11,18-20,22-24H,5-6,8,10,12-14H2,1-4H3/b16-9-,17-11-/t18-,19-,20-/m1/s1. The van der Waals surface area contributed by atoms with Crippen molar-refractivity contribution in [2.75, 3.05) is 19.7 Å². The average Bonchev–Trinajstić information content (AvgIpc) is 2.50. The molecule has 1 aliphatic heterocycles. The third kappa shape index (κ3) is 7.65. The molecular formula is C20H35NO3. The number of β-amino-alcohol motifs (C(OH)–C–C–N with tert-alkyl or cyclic N) is 1. The van der Waals surface area contributed by atoms with E-state index < -0.39 is 12.2 Å². The van der Waals surface area contributed by atoms with Gasteiger partial charge in [-0.2, -0.15) is 0 Å². The van der Waals surface area contributed by atoms with Crippen LogP contribution in [0.4, 0.5) is 0 Å². The highest BCUT2D eigenvalue weighted by molar-refractivity contribution is 5.06. The molecule has 1 aliphatic rings. The number of nitrogens with zero attached hydrogens (tertiary/aromatic N) is 1. The largest absolute Gasteiger partial charge is 0.396 e. The third-order valence-corrected chi connectivity index (χ3v) is 4.53. The number of likely N-dealkylation sites (tertiary alicyclic amines) is 1. The number of piperidine rings is 1. The van der Waals surface area contributed by atoms with Gasteiger partial charge in [0.1, 0.15) is 0 Å². The first-order chi connectivity index (χ1) is 11.3. The zero-order chi connectivity index (χ0) is 18.1. The molecule has 0 unspecified atom stereocenters. The highest BCUT2D eigenvalue weighted by Gasteiger charge is 2.33. The van der Waals surface area contributed by atoms with E-state index in [-0.39, 0.29) is 12.5 Å². The van der Waals surface area contributed by atoms with Gasteiger partial charge in [-0.3, -0.25) is 0 Å². The van der Waals surface area contributed by atoms with E-state index in [1.54, 1.807) is 0 Å². The Labute approximate surface area is 147 Å². The summed E-state index contributed by atoms with van der Waals surface area (Å²) < 4.78 is 0. The Morgan fingerprint density at radius 1 is 0.958 bits per heavy atom. The van der Waals surface area contributed by atoms with Crippen molar-refractivity contribution in [2.45, 2.75) is 65.6 Å². The Kier molecular flexibility index (Phi) is 9.34. The minimum Gasteiger partial charge on any atom is -0.396 e. The SMILES string of the molecule is CC(C)=CCC/C(C)=C\CC/C(C)=C\N1C[C@H](CO)[C@@H](O)[C@H](O)C1. The normalized spacial score (nSPS) is 25.8. The van der Waals surface area contributed by atoms with Crippen LogP contribution in [0.1, 0.15) is 53.4 Å². The quantitative estimate of drug-likeness (QED) is 0.596. The number of aliphatic hydroxyl groups is 3. The molecular weight excluding hydrogens is 302 g/mol. The predicted octanol–water partition coefficient (Wildman–Crippen LogP) is 3.01. The molecule has 1 fully saturated rings. The van der Waals surface area contributed by atoms with Gasteiger partial charge in [0, 0.05) is 19.0 Å². The fourth-order valence-corrected chi connectivity index (χ4v) is 3.03. The molecule has 4 nitrogen and oxygen atoms in total. The fraction of sp³-hybridized carbons (Fsp3) is 0.700. The highest BCUT2D eigenvalue weighted by atomic mass is 16.3. The second-order valence-corrected chi connectivity index (χ2v) is 7.34. The van der Waals surface area contributed by atoms with E-state index in [2.05, 4.69) is 46.0 Å². The van der Waals surface area contributed by atoms with E-state index in [0.717, 1.165) is 25.7 Å². The van der Waals surface area contributed by atoms with Gasteiger partial charge in [-0.25, -0.2) is 0 Å². The average molecular weight is 338 g/mol. The Morgan fingerprint density at radius 2 is 1.58 bits per heavy atom. The van der Waals surface area contributed by atoms with E-state index in [0.29, 0.717) is 13.1 Å². The van der Waals surface area contributed by atoms with Crippen LogP contribution in [0, 0.1) is 5.92 Å². The highest BCUT2D eigenvalue weighted by Crippen LogP contribution is 2.19. The monoisotopic (exact) mass is 337 g/mol. The molecule has 0 radical (unpaired) electrons. The van der Waals surface area contributed by atoms with Gasteiger partial charge in [0.25, 0.3) is 0 Å². The molecule has 3 atom stereocenters. The second kappa shape index (κ2) is 10.7. The number of hydrogen-bond acceptors (Lipinski definition) is 4. The van der Waals surface area contributed by atoms with Crippen LogP contribution < -0.4 is 0 Å². The lowest BCUT2D eigenvalue weighted by Gasteiger charge is -2.38. The smallest absolute Gasteiger partial charge is 0.0977 e. The first-order valence-electron chi connectivity index (χ1n) is 9.00. The van der Waals surface area contributed by atoms with E-state index >= 15 is 0 Å². The van der Waals surface area contributed by atoms with E-state index in [4.69, 9.17) is 0 Å². The van der Waals surface area contributed by atoms with Gasteiger partial charge < -0.3 is 20.2 Å². The molecule has 4 heteroatoms. The fourth-order valence-electron chi connectivity index (χ4n) is 3.03. The lowest BCUT2D eigenvalue weighted by Crippen LogP contribution is -2.51. The molecule has 3 N–H and O–H groups in total. The number of rotatable bonds is 8. The number of hydrogen-bond donors (Lipinski definition) is 3. The topological polar surface area (TPSA) is 63.9 Å². The van der Waals surface area contributed by atoms with Gasteiger partial charge in [-0.15, -0.1) is 0 Å². The molecule has 0 aromatic rings. The Balaban J connectivity index is 2.42. The molecule has 0 spiro atoms. The third-order valence-electron chi connectivity index (χ3n) is 4.53. The van der Waals surface area contributed by atoms with Crippen LogP contribution in [0.3, 0.4) is 0 Å². The lowest BCUT2D eigenvalue weighted by atomic mass is 9.93. The maximum Gasteiger partial charge on any atom is 0.0977 e. The molecule has 138 valence electrons. The van der Waals surface area contributed by atoms with Crippen LogP contribution in [0.25, 0.3) is 0 Å². The van der Waals surface area contributed by atoms with Crippen LogP contribution in [0.5, 0.6) is 0 Å². The van der Waals surface area contributed by atoms with E-state index in [1.807, 2.05) is 4.90 Å². The lowest BCUT2D eigenvalue weighted by molar-refractivity contribution is -0.0760. The maximum atomic E-state index is 9.89. The molecule has 0 amide bonds. The van der Waals surface area contributed by atoms with Gasteiger partial charge in [-0.1, -0.05) is 28.9 Å². The van der Waals surface area contributed by atoms with Crippen molar-refractivity contribution in [1.29, 1.82) is 0 Å². The zero-order valence-electron chi connectivity index (χ0n) is 15.7. The van der Waals surface area contributed by atoms with Crippen molar-refractivity contribution < 1.29 is 15.3 Å². The summed E-state index contributed by atoms with van der Waals surface area (Å²) in [5.74, 6) is -0.282. The van der Waals surface area contributed by atoms with E-state index in [9.17, 15) is 15.3 Å². The van der Waals surface area contributed by atoms with Crippen molar-refractivity contribution in [3.63, 3.8) is 0 Å². The number of aliphatic hydroxyl groups excluding tert-OH is 3. The molecule has 1 heterocycles.